The lowest BCUT2D eigenvalue weighted by atomic mass is 9.96. The molecular formula is C23H32N2O4S. The van der Waals surface area contributed by atoms with Crippen LogP contribution >= 0.6 is 0 Å². The van der Waals surface area contributed by atoms with Gasteiger partial charge in [0.2, 0.25) is 15.9 Å². The molecular weight excluding hydrogens is 400 g/mol. The Morgan fingerprint density at radius 3 is 2.30 bits per heavy atom. The van der Waals surface area contributed by atoms with Crippen molar-refractivity contribution in [1.82, 2.24) is 9.62 Å². The topological polar surface area (TPSA) is 75.7 Å². The summed E-state index contributed by atoms with van der Waals surface area (Å²) in [4.78, 5) is 12.8. The minimum atomic E-state index is -3.55. The minimum absolute atomic E-state index is 0.0944. The van der Waals surface area contributed by atoms with Crippen LogP contribution < -0.4 is 10.1 Å². The summed E-state index contributed by atoms with van der Waals surface area (Å²) in [6.07, 6.45) is 0.612. The zero-order chi connectivity index (χ0) is 22.6. The van der Waals surface area contributed by atoms with Gasteiger partial charge in [0.15, 0.2) is 0 Å². The van der Waals surface area contributed by atoms with Crippen molar-refractivity contribution in [2.45, 2.75) is 51.5 Å². The van der Waals surface area contributed by atoms with E-state index in [9.17, 15) is 13.2 Å². The average molecular weight is 433 g/mol. The summed E-state index contributed by atoms with van der Waals surface area (Å²) in [6.45, 7) is 8.16. The first kappa shape index (κ1) is 23.9. The Morgan fingerprint density at radius 1 is 1.07 bits per heavy atom. The number of sulfonamides is 1. The maximum absolute atomic E-state index is 12.6. The summed E-state index contributed by atoms with van der Waals surface area (Å²) in [5.41, 5.74) is 5.36. The van der Waals surface area contributed by atoms with Crippen molar-refractivity contribution in [3.63, 3.8) is 0 Å². The number of hydrogen-bond donors (Lipinski definition) is 1. The molecule has 0 saturated carbocycles. The molecule has 0 heterocycles. The normalized spacial score (nSPS) is 12.7. The van der Waals surface area contributed by atoms with Crippen LogP contribution in [0.15, 0.2) is 35.2 Å². The zero-order valence-electron chi connectivity index (χ0n) is 18.9. The zero-order valence-corrected chi connectivity index (χ0v) is 19.7. The molecule has 1 amide bonds. The molecule has 2 aromatic carbocycles. The molecule has 0 aliphatic carbocycles. The molecule has 2 aromatic rings. The van der Waals surface area contributed by atoms with Gasteiger partial charge < -0.3 is 10.1 Å². The van der Waals surface area contributed by atoms with Gasteiger partial charge >= 0.3 is 0 Å². The van der Waals surface area contributed by atoms with Crippen molar-refractivity contribution >= 4 is 15.9 Å². The van der Waals surface area contributed by atoms with E-state index < -0.39 is 10.0 Å². The van der Waals surface area contributed by atoms with Crippen LogP contribution in [0.2, 0.25) is 0 Å². The highest BCUT2D eigenvalue weighted by atomic mass is 32.2. The Bertz CT molecular complexity index is 1030. The van der Waals surface area contributed by atoms with E-state index in [0.29, 0.717) is 17.7 Å². The average Bonchev–Trinajstić information content (AvgIpc) is 2.68. The molecule has 6 nitrogen and oxygen atoms in total. The SMILES string of the molecule is COc1ccc(S(=O)(=O)N(C)C)cc1CCC(=O)N[C@H](C)c1cc(C)c(C)cc1C. The molecule has 0 bridgehead atoms. The van der Waals surface area contributed by atoms with E-state index in [1.54, 1.807) is 12.1 Å². The fraction of sp³-hybridized carbons (Fsp3) is 0.435. The first-order chi connectivity index (χ1) is 14.0. The molecule has 2 rings (SSSR count). The summed E-state index contributed by atoms with van der Waals surface area (Å²) in [7, 11) is 0.956. The lowest BCUT2D eigenvalue weighted by Crippen LogP contribution is -2.27. The maximum Gasteiger partial charge on any atom is 0.242 e. The molecule has 0 fully saturated rings. The molecule has 164 valence electrons. The van der Waals surface area contributed by atoms with Crippen LogP contribution in [0.25, 0.3) is 0 Å². The van der Waals surface area contributed by atoms with Crippen LogP contribution in [0, 0.1) is 20.8 Å². The number of ether oxygens (including phenoxy) is 1. The van der Waals surface area contributed by atoms with Gasteiger partial charge in [0, 0.05) is 20.5 Å². The fourth-order valence-electron chi connectivity index (χ4n) is 3.41. The van der Waals surface area contributed by atoms with Gasteiger partial charge in [0.05, 0.1) is 18.0 Å². The number of nitrogens with zero attached hydrogens (tertiary/aromatic N) is 1. The van der Waals surface area contributed by atoms with E-state index in [1.165, 1.54) is 42.7 Å². The van der Waals surface area contributed by atoms with E-state index in [2.05, 4.69) is 31.3 Å². The molecule has 0 spiro atoms. The highest BCUT2D eigenvalue weighted by Crippen LogP contribution is 2.26. The van der Waals surface area contributed by atoms with Crippen LogP contribution in [0.4, 0.5) is 0 Å². The number of hydrogen-bond acceptors (Lipinski definition) is 4. The molecule has 1 N–H and O–H groups in total. The van der Waals surface area contributed by atoms with Crippen molar-refractivity contribution in [2.24, 2.45) is 0 Å². The number of aryl methyl sites for hydroxylation is 4. The van der Waals surface area contributed by atoms with Crippen LogP contribution in [-0.2, 0) is 21.2 Å². The highest BCUT2D eigenvalue weighted by molar-refractivity contribution is 7.89. The van der Waals surface area contributed by atoms with Crippen LogP contribution in [0.5, 0.6) is 5.75 Å². The summed E-state index contributed by atoms with van der Waals surface area (Å²) < 4.78 is 31.3. The highest BCUT2D eigenvalue weighted by Gasteiger charge is 2.20. The molecule has 0 radical (unpaired) electrons. The number of benzene rings is 2. The largest absolute Gasteiger partial charge is 0.496 e. The van der Waals surface area contributed by atoms with Crippen molar-refractivity contribution in [3.05, 3.63) is 58.1 Å². The van der Waals surface area contributed by atoms with E-state index in [-0.39, 0.29) is 23.3 Å². The predicted molar refractivity (Wildman–Crippen MR) is 119 cm³/mol. The first-order valence-electron chi connectivity index (χ1n) is 9.94. The minimum Gasteiger partial charge on any atom is -0.496 e. The van der Waals surface area contributed by atoms with Gasteiger partial charge in [-0.3, -0.25) is 4.79 Å². The molecule has 7 heteroatoms. The van der Waals surface area contributed by atoms with E-state index >= 15 is 0 Å². The van der Waals surface area contributed by atoms with Gasteiger partial charge in [0.25, 0.3) is 0 Å². The Balaban J connectivity index is 2.13. The van der Waals surface area contributed by atoms with E-state index in [4.69, 9.17) is 4.74 Å². The number of methoxy groups -OCH3 is 1. The third-order valence-electron chi connectivity index (χ3n) is 5.38. The Labute approximate surface area is 180 Å². The Morgan fingerprint density at radius 2 is 1.70 bits per heavy atom. The Kier molecular flexibility index (Phi) is 7.66. The van der Waals surface area contributed by atoms with Gasteiger partial charge in [-0.2, -0.15) is 0 Å². The maximum atomic E-state index is 12.6. The van der Waals surface area contributed by atoms with Gasteiger partial charge in [-0.05, 0) is 80.1 Å². The quantitative estimate of drug-likeness (QED) is 0.690. The van der Waals surface area contributed by atoms with Crippen molar-refractivity contribution < 1.29 is 17.9 Å². The number of rotatable bonds is 8. The number of carbonyl (C=O) groups excluding carboxylic acids is 1. The number of nitrogens with one attached hydrogen (secondary N) is 1. The van der Waals surface area contributed by atoms with Gasteiger partial charge in [-0.15, -0.1) is 0 Å². The van der Waals surface area contributed by atoms with Gasteiger partial charge in [-0.1, -0.05) is 12.1 Å². The standard InChI is InChI=1S/C23H32N2O4S/c1-15-12-17(3)21(13-16(15)2)18(4)24-23(26)11-8-19-14-20(9-10-22(19)29-7)30(27,28)25(5)6/h9-10,12-14,18H,8,11H2,1-7H3,(H,24,26)/t18-/m1/s1. The van der Waals surface area contributed by atoms with Crippen LogP contribution in [0.3, 0.4) is 0 Å². The van der Waals surface area contributed by atoms with Crippen LogP contribution in [0.1, 0.15) is 47.2 Å². The molecule has 1 atom stereocenters. The van der Waals surface area contributed by atoms with Crippen molar-refractivity contribution in [1.29, 1.82) is 0 Å². The molecule has 0 aliphatic rings. The second-order valence-electron chi connectivity index (χ2n) is 7.84. The third-order valence-corrected chi connectivity index (χ3v) is 7.19. The molecule has 0 aliphatic heterocycles. The third kappa shape index (κ3) is 5.40. The van der Waals surface area contributed by atoms with E-state index in [0.717, 1.165) is 11.1 Å². The van der Waals surface area contributed by atoms with Crippen molar-refractivity contribution in [3.8, 4) is 5.75 Å². The number of carbonyl (C=O) groups is 1. The van der Waals surface area contributed by atoms with E-state index in [1.807, 2.05) is 13.8 Å². The summed E-state index contributed by atoms with van der Waals surface area (Å²) in [5, 5.41) is 3.05. The van der Waals surface area contributed by atoms with Crippen LogP contribution in [-0.4, -0.2) is 39.8 Å². The smallest absolute Gasteiger partial charge is 0.242 e. The molecule has 0 saturated heterocycles. The van der Waals surface area contributed by atoms with Crippen molar-refractivity contribution in [2.75, 3.05) is 21.2 Å². The molecule has 30 heavy (non-hydrogen) atoms. The second-order valence-corrected chi connectivity index (χ2v) is 10.00. The lowest BCUT2D eigenvalue weighted by Gasteiger charge is -2.19. The number of amides is 1. The molecule has 0 unspecified atom stereocenters. The summed E-state index contributed by atoms with van der Waals surface area (Å²) >= 11 is 0. The first-order valence-corrected chi connectivity index (χ1v) is 11.4. The van der Waals surface area contributed by atoms with Gasteiger partial charge in [-0.25, -0.2) is 12.7 Å². The predicted octanol–water partition coefficient (Wildman–Crippen LogP) is 3.68. The summed E-state index contributed by atoms with van der Waals surface area (Å²) in [5.74, 6) is 0.474. The lowest BCUT2D eigenvalue weighted by molar-refractivity contribution is -0.121. The molecule has 0 aromatic heterocycles. The monoisotopic (exact) mass is 432 g/mol. The summed E-state index contributed by atoms with van der Waals surface area (Å²) in [6, 6.07) is 8.87. The Hall–Kier alpha value is -2.38. The van der Waals surface area contributed by atoms with Gasteiger partial charge in [0.1, 0.15) is 5.75 Å². The second kappa shape index (κ2) is 9.62. The fourth-order valence-corrected chi connectivity index (χ4v) is 4.36.